The Morgan fingerprint density at radius 2 is 1.74 bits per heavy atom. The van der Waals surface area contributed by atoms with Crippen molar-refractivity contribution in [2.75, 3.05) is 6.54 Å². The average Bonchev–Trinajstić information content (AvgIpc) is 2.25. The van der Waals surface area contributed by atoms with E-state index in [0.29, 0.717) is 0 Å². The van der Waals surface area contributed by atoms with Crippen LogP contribution in [0.1, 0.15) is 18.5 Å². The SMILES string of the molecule is CCNC(c1ccc(Cl)cc1Cl)C(F)(F)C(F)(F)F. The highest BCUT2D eigenvalue weighted by atomic mass is 35.5. The summed E-state index contributed by atoms with van der Waals surface area (Å²) in [6, 6.07) is 1.12. The van der Waals surface area contributed by atoms with E-state index < -0.39 is 18.1 Å². The Labute approximate surface area is 116 Å². The second-order valence-electron chi connectivity index (χ2n) is 3.78. The lowest BCUT2D eigenvalue weighted by Crippen LogP contribution is -2.48. The third-order valence-electron chi connectivity index (χ3n) is 2.42. The highest BCUT2D eigenvalue weighted by Crippen LogP contribution is 2.46. The molecule has 1 aromatic rings. The number of benzene rings is 1. The summed E-state index contributed by atoms with van der Waals surface area (Å²) in [5, 5.41) is 2.01. The Balaban J connectivity index is 3.28. The van der Waals surface area contributed by atoms with Crippen molar-refractivity contribution in [3.8, 4) is 0 Å². The van der Waals surface area contributed by atoms with Crippen LogP contribution in [0.2, 0.25) is 10.0 Å². The van der Waals surface area contributed by atoms with Gasteiger partial charge in [0.2, 0.25) is 0 Å². The minimum absolute atomic E-state index is 0.0741. The van der Waals surface area contributed by atoms with Crippen LogP contribution in [-0.4, -0.2) is 18.6 Å². The summed E-state index contributed by atoms with van der Waals surface area (Å²) >= 11 is 11.3. The Hall–Kier alpha value is -0.590. The van der Waals surface area contributed by atoms with Gasteiger partial charge in [0.25, 0.3) is 0 Å². The molecular weight excluding hydrogens is 312 g/mol. The van der Waals surface area contributed by atoms with Gasteiger partial charge in [0.05, 0.1) is 0 Å². The molecule has 0 spiro atoms. The van der Waals surface area contributed by atoms with Crippen molar-refractivity contribution in [2.24, 2.45) is 0 Å². The molecule has 0 bridgehead atoms. The Morgan fingerprint density at radius 3 is 2.16 bits per heavy atom. The highest BCUT2D eigenvalue weighted by Gasteiger charge is 2.62. The molecule has 0 aromatic heterocycles. The average molecular weight is 322 g/mol. The number of hydrogen-bond acceptors (Lipinski definition) is 1. The normalized spacial score (nSPS) is 14.5. The van der Waals surface area contributed by atoms with E-state index in [-0.39, 0.29) is 22.2 Å². The first-order valence-corrected chi connectivity index (χ1v) is 5.99. The van der Waals surface area contributed by atoms with Gasteiger partial charge in [-0.2, -0.15) is 22.0 Å². The molecule has 1 N–H and O–H groups in total. The summed E-state index contributed by atoms with van der Waals surface area (Å²) in [7, 11) is 0. The predicted octanol–water partition coefficient (Wildman–Crippen LogP) is 4.84. The van der Waals surface area contributed by atoms with Crippen molar-refractivity contribution in [1.29, 1.82) is 0 Å². The minimum atomic E-state index is -5.68. The van der Waals surface area contributed by atoms with E-state index in [0.717, 1.165) is 12.1 Å². The van der Waals surface area contributed by atoms with Crippen molar-refractivity contribution < 1.29 is 22.0 Å². The Bertz CT molecular complexity index is 447. The molecule has 1 atom stereocenters. The van der Waals surface area contributed by atoms with Crippen molar-refractivity contribution >= 4 is 23.2 Å². The summed E-state index contributed by atoms with van der Waals surface area (Å²) in [5.41, 5.74) is -0.352. The van der Waals surface area contributed by atoms with Crippen LogP contribution in [0.3, 0.4) is 0 Å². The molecule has 0 aliphatic carbocycles. The second kappa shape index (κ2) is 5.81. The molecular formula is C11H10Cl2F5N. The molecule has 8 heteroatoms. The lowest BCUT2D eigenvalue weighted by atomic mass is 10.00. The molecule has 0 fully saturated rings. The molecule has 19 heavy (non-hydrogen) atoms. The van der Waals surface area contributed by atoms with Crippen LogP contribution >= 0.6 is 23.2 Å². The first-order valence-electron chi connectivity index (χ1n) is 5.24. The molecule has 1 rings (SSSR count). The van der Waals surface area contributed by atoms with Gasteiger partial charge in [-0.1, -0.05) is 36.2 Å². The van der Waals surface area contributed by atoms with Crippen LogP contribution in [0.15, 0.2) is 18.2 Å². The molecule has 0 heterocycles. The van der Waals surface area contributed by atoms with Crippen LogP contribution in [0.4, 0.5) is 22.0 Å². The minimum Gasteiger partial charge on any atom is -0.305 e. The molecule has 108 valence electrons. The van der Waals surface area contributed by atoms with E-state index in [1.807, 2.05) is 0 Å². The summed E-state index contributed by atoms with van der Waals surface area (Å²) in [4.78, 5) is 0. The fourth-order valence-corrected chi connectivity index (χ4v) is 2.05. The summed E-state index contributed by atoms with van der Waals surface area (Å²) in [6.45, 7) is 1.35. The molecule has 1 unspecified atom stereocenters. The van der Waals surface area contributed by atoms with E-state index >= 15 is 0 Å². The van der Waals surface area contributed by atoms with Crippen LogP contribution < -0.4 is 5.32 Å². The van der Waals surface area contributed by atoms with Crippen LogP contribution in [0, 0.1) is 0 Å². The molecule has 1 nitrogen and oxygen atoms in total. The summed E-state index contributed by atoms with van der Waals surface area (Å²) in [6.07, 6.45) is -5.68. The number of nitrogens with one attached hydrogen (secondary N) is 1. The van der Waals surface area contributed by atoms with Gasteiger partial charge in [0.15, 0.2) is 0 Å². The maximum absolute atomic E-state index is 13.5. The van der Waals surface area contributed by atoms with Gasteiger partial charge in [-0.3, -0.25) is 0 Å². The standard InChI is InChI=1S/C11H10Cl2F5N/c1-2-19-9(10(14,15)11(16,17)18)7-4-3-6(12)5-8(7)13/h3-5,9,19H,2H2,1H3. The topological polar surface area (TPSA) is 12.0 Å². The number of halogens is 7. The fraction of sp³-hybridized carbons (Fsp3) is 0.455. The van der Waals surface area contributed by atoms with Gasteiger partial charge in [-0.15, -0.1) is 0 Å². The van der Waals surface area contributed by atoms with Gasteiger partial charge < -0.3 is 5.32 Å². The lowest BCUT2D eigenvalue weighted by Gasteiger charge is -2.30. The van der Waals surface area contributed by atoms with Crippen molar-refractivity contribution in [1.82, 2.24) is 5.32 Å². The lowest BCUT2D eigenvalue weighted by molar-refractivity contribution is -0.294. The maximum Gasteiger partial charge on any atom is 0.455 e. The largest absolute Gasteiger partial charge is 0.455 e. The van der Waals surface area contributed by atoms with Crippen LogP contribution in [-0.2, 0) is 0 Å². The van der Waals surface area contributed by atoms with E-state index in [2.05, 4.69) is 5.32 Å². The van der Waals surface area contributed by atoms with Gasteiger partial charge in [0.1, 0.15) is 6.04 Å². The van der Waals surface area contributed by atoms with Gasteiger partial charge in [-0.05, 0) is 24.2 Å². The van der Waals surface area contributed by atoms with E-state index in [1.54, 1.807) is 0 Å². The Morgan fingerprint density at radius 1 is 1.16 bits per heavy atom. The molecule has 0 saturated heterocycles. The molecule has 0 amide bonds. The summed E-state index contributed by atoms with van der Waals surface area (Å²) in [5.74, 6) is -4.94. The van der Waals surface area contributed by atoms with E-state index in [4.69, 9.17) is 23.2 Å². The van der Waals surface area contributed by atoms with Gasteiger partial charge in [-0.25, -0.2) is 0 Å². The first kappa shape index (κ1) is 16.5. The van der Waals surface area contributed by atoms with Crippen LogP contribution in [0.25, 0.3) is 0 Å². The zero-order valence-corrected chi connectivity index (χ0v) is 11.2. The van der Waals surface area contributed by atoms with Crippen molar-refractivity contribution in [3.05, 3.63) is 33.8 Å². The zero-order valence-electron chi connectivity index (χ0n) is 9.66. The predicted molar refractivity (Wildman–Crippen MR) is 63.9 cm³/mol. The number of hydrogen-bond donors (Lipinski definition) is 1. The van der Waals surface area contributed by atoms with E-state index in [9.17, 15) is 22.0 Å². The first-order chi connectivity index (χ1) is 8.61. The van der Waals surface area contributed by atoms with Gasteiger partial charge >= 0.3 is 12.1 Å². The fourth-order valence-electron chi connectivity index (χ4n) is 1.54. The number of alkyl halides is 5. The van der Waals surface area contributed by atoms with Crippen molar-refractivity contribution in [3.63, 3.8) is 0 Å². The van der Waals surface area contributed by atoms with Gasteiger partial charge in [0, 0.05) is 10.0 Å². The highest BCUT2D eigenvalue weighted by molar-refractivity contribution is 6.35. The molecule has 0 aliphatic heterocycles. The number of rotatable bonds is 4. The molecule has 0 aliphatic rings. The molecule has 0 radical (unpaired) electrons. The van der Waals surface area contributed by atoms with Crippen molar-refractivity contribution in [2.45, 2.75) is 25.1 Å². The second-order valence-corrected chi connectivity index (χ2v) is 4.62. The molecule has 1 aromatic carbocycles. The smallest absolute Gasteiger partial charge is 0.305 e. The van der Waals surface area contributed by atoms with Crippen LogP contribution in [0.5, 0.6) is 0 Å². The monoisotopic (exact) mass is 321 g/mol. The third-order valence-corrected chi connectivity index (χ3v) is 2.98. The maximum atomic E-state index is 13.5. The molecule has 0 saturated carbocycles. The third kappa shape index (κ3) is 3.49. The quantitative estimate of drug-likeness (QED) is 0.782. The zero-order chi connectivity index (χ0) is 14.8. The Kier molecular flexibility index (Phi) is 5.03. The summed E-state index contributed by atoms with van der Waals surface area (Å²) < 4.78 is 64.3. The van der Waals surface area contributed by atoms with E-state index in [1.165, 1.54) is 13.0 Å².